The third-order valence-corrected chi connectivity index (χ3v) is 3.80. The fourth-order valence-electron chi connectivity index (χ4n) is 2.19. The maximum Gasteiger partial charge on any atom is -0.0320 e. The molecule has 0 heterocycles. The molecule has 0 saturated carbocycles. The first kappa shape index (κ1) is 23.7. The van der Waals surface area contributed by atoms with Crippen LogP contribution in [0.3, 0.4) is 0 Å². The molecule has 0 nitrogen and oxygen atoms in total. The van der Waals surface area contributed by atoms with Gasteiger partial charge in [-0.25, -0.2) is 0 Å². The highest BCUT2D eigenvalue weighted by Gasteiger charge is 2.05. The molecular weight excluding hydrogens is 264 g/mol. The normalized spacial score (nSPS) is 23.3. The summed E-state index contributed by atoms with van der Waals surface area (Å²) in [6.07, 6.45) is 15.3. The average Bonchev–Trinajstić information content (AvgIpc) is 2.48. The van der Waals surface area contributed by atoms with Crippen LogP contribution in [-0.4, -0.2) is 0 Å². The summed E-state index contributed by atoms with van der Waals surface area (Å²) in [6.45, 7) is 17.6. The molecule has 0 radical (unpaired) electrons. The SMILES string of the molecule is CC1=CC[C@@H](C)CC1.CC1=CC[C@H](C)CC1.CCC.CCC. The van der Waals surface area contributed by atoms with Crippen molar-refractivity contribution in [2.75, 3.05) is 0 Å². The van der Waals surface area contributed by atoms with Crippen molar-refractivity contribution in [1.82, 2.24) is 0 Å². The van der Waals surface area contributed by atoms with Gasteiger partial charge in [0, 0.05) is 0 Å². The van der Waals surface area contributed by atoms with Gasteiger partial charge in [0.1, 0.15) is 0 Å². The zero-order chi connectivity index (χ0) is 17.4. The van der Waals surface area contributed by atoms with E-state index in [2.05, 4.69) is 67.5 Å². The third-order valence-electron chi connectivity index (χ3n) is 3.80. The number of hydrogen-bond acceptors (Lipinski definition) is 0. The van der Waals surface area contributed by atoms with E-state index in [1.807, 2.05) is 0 Å². The second-order valence-corrected chi connectivity index (χ2v) is 7.27. The van der Waals surface area contributed by atoms with Crippen molar-refractivity contribution in [3.8, 4) is 0 Å². The molecule has 2 aliphatic carbocycles. The fraction of sp³-hybridized carbons (Fsp3) is 0.818. The third kappa shape index (κ3) is 17.5. The lowest BCUT2D eigenvalue weighted by Gasteiger charge is -2.14. The summed E-state index contributed by atoms with van der Waals surface area (Å²) in [5, 5.41) is 0. The van der Waals surface area contributed by atoms with Crippen LogP contribution in [0.2, 0.25) is 0 Å². The maximum atomic E-state index is 2.37. The highest BCUT2D eigenvalue weighted by atomic mass is 14.1. The van der Waals surface area contributed by atoms with Crippen molar-refractivity contribution in [2.45, 2.75) is 107 Å². The van der Waals surface area contributed by atoms with Crippen molar-refractivity contribution in [2.24, 2.45) is 11.8 Å². The molecule has 0 aromatic rings. The molecule has 2 aliphatic rings. The molecule has 0 amide bonds. The summed E-state index contributed by atoms with van der Waals surface area (Å²) in [5.41, 5.74) is 3.17. The molecule has 0 unspecified atom stereocenters. The Hall–Kier alpha value is -0.520. The molecule has 2 rings (SSSR count). The number of hydrogen-bond donors (Lipinski definition) is 0. The molecule has 0 aromatic heterocycles. The maximum absolute atomic E-state index is 2.37. The van der Waals surface area contributed by atoms with Crippen LogP contribution in [0.4, 0.5) is 0 Å². The van der Waals surface area contributed by atoms with E-state index in [0.717, 1.165) is 11.8 Å². The Balaban J connectivity index is 0. The van der Waals surface area contributed by atoms with Crippen molar-refractivity contribution in [3.05, 3.63) is 23.3 Å². The molecule has 0 heteroatoms. The lowest BCUT2D eigenvalue weighted by Crippen LogP contribution is -1.98. The molecule has 0 spiro atoms. The minimum absolute atomic E-state index is 0.943. The van der Waals surface area contributed by atoms with Crippen molar-refractivity contribution in [3.63, 3.8) is 0 Å². The highest BCUT2D eigenvalue weighted by Crippen LogP contribution is 2.22. The Labute approximate surface area is 142 Å². The largest absolute Gasteiger partial charge is 0.0853 e. The van der Waals surface area contributed by atoms with Crippen LogP contribution in [0.25, 0.3) is 0 Å². The van der Waals surface area contributed by atoms with Gasteiger partial charge in [-0.05, 0) is 64.2 Å². The van der Waals surface area contributed by atoms with Crippen LogP contribution in [0.5, 0.6) is 0 Å². The molecule has 22 heavy (non-hydrogen) atoms. The molecule has 2 atom stereocenters. The molecule has 0 aliphatic heterocycles. The smallest absolute Gasteiger partial charge is 0.0320 e. The standard InChI is InChI=1S/2C8H14.2C3H8/c2*1-7-3-5-8(2)6-4-7;2*1-3-2/h2*3,8H,4-6H2,1-2H3;2*3H2,1-2H3/t2*8-;;/m10../s1. The predicted molar refractivity (Wildman–Crippen MR) is 105 cm³/mol. The summed E-state index contributed by atoms with van der Waals surface area (Å²) >= 11 is 0. The summed E-state index contributed by atoms with van der Waals surface area (Å²) in [7, 11) is 0. The molecule has 0 bridgehead atoms. The van der Waals surface area contributed by atoms with Gasteiger partial charge in [0.2, 0.25) is 0 Å². The van der Waals surface area contributed by atoms with Gasteiger partial charge in [-0.15, -0.1) is 0 Å². The number of allylic oxidation sites excluding steroid dienone is 4. The van der Waals surface area contributed by atoms with Crippen LogP contribution in [-0.2, 0) is 0 Å². The molecule has 132 valence electrons. The van der Waals surface area contributed by atoms with Gasteiger partial charge in [-0.2, -0.15) is 0 Å². The summed E-state index contributed by atoms with van der Waals surface area (Å²) < 4.78 is 0. The van der Waals surface area contributed by atoms with Crippen molar-refractivity contribution < 1.29 is 0 Å². The minimum atomic E-state index is 0.943. The van der Waals surface area contributed by atoms with E-state index in [4.69, 9.17) is 0 Å². The summed E-state index contributed by atoms with van der Waals surface area (Å²) in [6, 6.07) is 0. The van der Waals surface area contributed by atoms with E-state index in [0.29, 0.717) is 0 Å². The predicted octanol–water partition coefficient (Wildman–Crippen LogP) is 8.34. The lowest BCUT2D eigenvalue weighted by molar-refractivity contribution is 0.514. The van der Waals surface area contributed by atoms with E-state index in [9.17, 15) is 0 Å². The zero-order valence-corrected chi connectivity index (χ0v) is 17.0. The topological polar surface area (TPSA) is 0 Å². The van der Waals surface area contributed by atoms with Gasteiger partial charge >= 0.3 is 0 Å². The molecule has 0 aromatic carbocycles. The van der Waals surface area contributed by atoms with E-state index < -0.39 is 0 Å². The highest BCUT2D eigenvalue weighted by molar-refractivity contribution is 5.02. The molecule has 0 saturated heterocycles. The van der Waals surface area contributed by atoms with Gasteiger partial charge < -0.3 is 0 Å². The minimum Gasteiger partial charge on any atom is -0.0853 e. The van der Waals surface area contributed by atoms with Crippen LogP contribution in [0.15, 0.2) is 23.3 Å². The lowest BCUT2D eigenvalue weighted by atomic mass is 9.92. The Morgan fingerprint density at radius 1 is 0.727 bits per heavy atom. The van der Waals surface area contributed by atoms with Gasteiger partial charge in [0.05, 0.1) is 0 Å². The molecule has 0 fully saturated rings. The Morgan fingerprint density at radius 2 is 1.00 bits per heavy atom. The Kier molecular flexibility index (Phi) is 18.2. The fourth-order valence-corrected chi connectivity index (χ4v) is 2.19. The average molecular weight is 309 g/mol. The van der Waals surface area contributed by atoms with E-state index in [1.54, 1.807) is 11.1 Å². The molecule has 0 N–H and O–H groups in total. The van der Waals surface area contributed by atoms with Crippen molar-refractivity contribution >= 4 is 0 Å². The second-order valence-electron chi connectivity index (χ2n) is 7.27. The Bertz CT molecular complexity index is 252. The number of rotatable bonds is 0. The summed E-state index contributed by atoms with van der Waals surface area (Å²) in [5.74, 6) is 1.89. The van der Waals surface area contributed by atoms with E-state index >= 15 is 0 Å². The van der Waals surface area contributed by atoms with E-state index in [-0.39, 0.29) is 0 Å². The van der Waals surface area contributed by atoms with Crippen LogP contribution in [0.1, 0.15) is 107 Å². The quantitative estimate of drug-likeness (QED) is 0.394. The van der Waals surface area contributed by atoms with E-state index in [1.165, 1.54) is 51.4 Å². The van der Waals surface area contributed by atoms with Gasteiger partial charge in [-0.1, -0.05) is 77.7 Å². The van der Waals surface area contributed by atoms with Gasteiger partial charge in [-0.3, -0.25) is 0 Å². The van der Waals surface area contributed by atoms with Crippen LogP contribution < -0.4 is 0 Å². The second kappa shape index (κ2) is 16.8. The first-order valence-electron chi connectivity index (χ1n) is 9.72. The monoisotopic (exact) mass is 308 g/mol. The first-order chi connectivity index (χ1) is 10.4. The zero-order valence-electron chi connectivity index (χ0n) is 17.0. The van der Waals surface area contributed by atoms with Gasteiger partial charge in [0.25, 0.3) is 0 Å². The van der Waals surface area contributed by atoms with Crippen LogP contribution in [0, 0.1) is 11.8 Å². The summed E-state index contributed by atoms with van der Waals surface area (Å²) in [4.78, 5) is 0. The van der Waals surface area contributed by atoms with Crippen LogP contribution >= 0.6 is 0 Å². The molecular formula is C22H44. The van der Waals surface area contributed by atoms with Crippen molar-refractivity contribution in [1.29, 1.82) is 0 Å². The Morgan fingerprint density at radius 3 is 1.14 bits per heavy atom. The van der Waals surface area contributed by atoms with Gasteiger partial charge in [0.15, 0.2) is 0 Å². The first-order valence-corrected chi connectivity index (χ1v) is 9.72.